The summed E-state index contributed by atoms with van der Waals surface area (Å²) in [5.74, 6) is 1.92. The molecule has 1 heterocycles. The van der Waals surface area contributed by atoms with Gasteiger partial charge in [0.15, 0.2) is 0 Å². The Hall–Kier alpha value is -3.74. The SMILES string of the molecule is COc1cc(OC)cc(C(=O)Nc2ccc(Nc3ccccc3OC)cn2)c1. The largest absolute Gasteiger partial charge is 0.497 e. The fourth-order valence-corrected chi connectivity index (χ4v) is 2.57. The van der Waals surface area contributed by atoms with Gasteiger partial charge in [-0.15, -0.1) is 0 Å². The number of nitrogens with zero attached hydrogens (tertiary/aromatic N) is 1. The van der Waals surface area contributed by atoms with Gasteiger partial charge >= 0.3 is 0 Å². The predicted molar refractivity (Wildman–Crippen MR) is 108 cm³/mol. The Balaban J connectivity index is 1.71. The fourth-order valence-electron chi connectivity index (χ4n) is 2.57. The van der Waals surface area contributed by atoms with E-state index >= 15 is 0 Å². The van der Waals surface area contributed by atoms with Crippen LogP contribution in [0.25, 0.3) is 0 Å². The topological polar surface area (TPSA) is 81.7 Å². The molecule has 7 heteroatoms. The zero-order valence-corrected chi connectivity index (χ0v) is 15.9. The second-order valence-electron chi connectivity index (χ2n) is 5.81. The van der Waals surface area contributed by atoms with E-state index in [4.69, 9.17) is 14.2 Å². The van der Waals surface area contributed by atoms with Crippen molar-refractivity contribution in [3.8, 4) is 17.2 Å². The highest BCUT2D eigenvalue weighted by Crippen LogP contribution is 2.27. The minimum absolute atomic E-state index is 0.310. The van der Waals surface area contributed by atoms with E-state index in [-0.39, 0.29) is 5.91 Å². The molecule has 1 amide bonds. The molecular weight excluding hydrogens is 358 g/mol. The molecule has 0 aliphatic heterocycles. The molecular formula is C21H21N3O4. The Morgan fingerprint density at radius 3 is 2.21 bits per heavy atom. The molecule has 0 saturated carbocycles. The number of amides is 1. The summed E-state index contributed by atoms with van der Waals surface area (Å²) in [7, 11) is 4.68. The summed E-state index contributed by atoms with van der Waals surface area (Å²) in [5, 5.41) is 5.99. The number of anilines is 3. The third-order valence-electron chi connectivity index (χ3n) is 4.00. The number of methoxy groups -OCH3 is 3. The monoisotopic (exact) mass is 379 g/mol. The van der Waals surface area contributed by atoms with Gasteiger partial charge in [-0.2, -0.15) is 0 Å². The lowest BCUT2D eigenvalue weighted by Crippen LogP contribution is -2.13. The maximum Gasteiger partial charge on any atom is 0.257 e. The van der Waals surface area contributed by atoms with Crippen molar-refractivity contribution in [2.24, 2.45) is 0 Å². The van der Waals surface area contributed by atoms with Gasteiger partial charge in [0.2, 0.25) is 0 Å². The summed E-state index contributed by atoms with van der Waals surface area (Å²) in [6, 6.07) is 16.1. The van der Waals surface area contributed by atoms with E-state index in [2.05, 4.69) is 15.6 Å². The molecule has 144 valence electrons. The number of carbonyl (C=O) groups is 1. The molecule has 0 atom stereocenters. The molecule has 0 aliphatic carbocycles. The lowest BCUT2D eigenvalue weighted by molar-refractivity contribution is 0.102. The number of ether oxygens (including phenoxy) is 3. The van der Waals surface area contributed by atoms with Crippen LogP contribution in [0.4, 0.5) is 17.2 Å². The smallest absolute Gasteiger partial charge is 0.257 e. The van der Waals surface area contributed by atoms with Gasteiger partial charge in [-0.25, -0.2) is 4.98 Å². The Morgan fingerprint density at radius 2 is 1.61 bits per heavy atom. The fraction of sp³-hybridized carbons (Fsp3) is 0.143. The average Bonchev–Trinajstić information content (AvgIpc) is 2.75. The minimum atomic E-state index is -0.310. The van der Waals surface area contributed by atoms with Crippen molar-refractivity contribution >= 4 is 23.1 Å². The second kappa shape index (κ2) is 8.77. The number of nitrogens with one attached hydrogen (secondary N) is 2. The van der Waals surface area contributed by atoms with E-state index in [1.165, 1.54) is 14.2 Å². The highest BCUT2D eigenvalue weighted by atomic mass is 16.5. The number of para-hydroxylation sites is 2. The van der Waals surface area contributed by atoms with Crippen molar-refractivity contribution in [3.63, 3.8) is 0 Å². The van der Waals surface area contributed by atoms with Crippen LogP contribution in [0.15, 0.2) is 60.8 Å². The van der Waals surface area contributed by atoms with Crippen LogP contribution in [0.5, 0.6) is 17.2 Å². The summed E-state index contributed by atoms with van der Waals surface area (Å²) < 4.78 is 15.7. The number of pyridine rings is 1. The van der Waals surface area contributed by atoms with Crippen molar-refractivity contribution < 1.29 is 19.0 Å². The zero-order valence-electron chi connectivity index (χ0n) is 15.9. The van der Waals surface area contributed by atoms with Crippen LogP contribution in [-0.4, -0.2) is 32.2 Å². The van der Waals surface area contributed by atoms with Gasteiger partial charge in [-0.1, -0.05) is 12.1 Å². The van der Waals surface area contributed by atoms with Crippen LogP contribution < -0.4 is 24.8 Å². The average molecular weight is 379 g/mol. The Labute approximate surface area is 163 Å². The van der Waals surface area contributed by atoms with E-state index in [1.807, 2.05) is 30.3 Å². The van der Waals surface area contributed by atoms with Crippen molar-refractivity contribution in [2.45, 2.75) is 0 Å². The molecule has 0 bridgehead atoms. The Kier molecular flexibility index (Phi) is 5.96. The number of benzene rings is 2. The molecule has 1 aromatic heterocycles. The van der Waals surface area contributed by atoms with Crippen molar-refractivity contribution in [1.29, 1.82) is 0 Å². The summed E-state index contributed by atoms with van der Waals surface area (Å²) in [6.45, 7) is 0. The lowest BCUT2D eigenvalue weighted by Gasteiger charge is -2.11. The highest BCUT2D eigenvalue weighted by Gasteiger charge is 2.11. The van der Waals surface area contributed by atoms with Crippen LogP contribution in [0, 0.1) is 0 Å². The lowest BCUT2D eigenvalue weighted by atomic mass is 10.2. The van der Waals surface area contributed by atoms with Crippen LogP contribution in [0.2, 0.25) is 0 Å². The molecule has 28 heavy (non-hydrogen) atoms. The zero-order chi connectivity index (χ0) is 19.9. The van der Waals surface area contributed by atoms with Crippen LogP contribution in [0.1, 0.15) is 10.4 Å². The summed E-state index contributed by atoms with van der Waals surface area (Å²) >= 11 is 0. The van der Waals surface area contributed by atoms with Gasteiger partial charge in [-0.05, 0) is 36.4 Å². The summed E-state index contributed by atoms with van der Waals surface area (Å²) in [6.07, 6.45) is 1.63. The van der Waals surface area contributed by atoms with E-state index < -0.39 is 0 Å². The molecule has 0 radical (unpaired) electrons. The Morgan fingerprint density at radius 1 is 0.893 bits per heavy atom. The number of aromatic nitrogens is 1. The number of rotatable bonds is 7. The first-order chi connectivity index (χ1) is 13.6. The Bertz CT molecular complexity index is 936. The number of hydrogen-bond donors (Lipinski definition) is 2. The van der Waals surface area contributed by atoms with E-state index in [1.54, 1.807) is 37.6 Å². The quantitative estimate of drug-likeness (QED) is 0.643. The molecule has 2 N–H and O–H groups in total. The van der Waals surface area contributed by atoms with Crippen molar-refractivity contribution in [3.05, 3.63) is 66.4 Å². The van der Waals surface area contributed by atoms with E-state index in [0.29, 0.717) is 22.9 Å². The molecule has 7 nitrogen and oxygen atoms in total. The molecule has 3 rings (SSSR count). The third-order valence-corrected chi connectivity index (χ3v) is 4.00. The first-order valence-corrected chi connectivity index (χ1v) is 8.53. The molecule has 2 aromatic carbocycles. The first kappa shape index (κ1) is 19.0. The molecule has 0 saturated heterocycles. The normalized spacial score (nSPS) is 10.1. The van der Waals surface area contributed by atoms with Crippen molar-refractivity contribution in [1.82, 2.24) is 4.98 Å². The minimum Gasteiger partial charge on any atom is -0.497 e. The van der Waals surface area contributed by atoms with Gasteiger partial charge in [-0.3, -0.25) is 4.79 Å². The van der Waals surface area contributed by atoms with Crippen LogP contribution >= 0.6 is 0 Å². The first-order valence-electron chi connectivity index (χ1n) is 8.53. The number of carbonyl (C=O) groups excluding carboxylic acids is 1. The predicted octanol–water partition coefficient (Wildman–Crippen LogP) is 4.10. The summed E-state index contributed by atoms with van der Waals surface area (Å²) in [4.78, 5) is 16.8. The van der Waals surface area contributed by atoms with E-state index in [9.17, 15) is 4.79 Å². The van der Waals surface area contributed by atoms with E-state index in [0.717, 1.165) is 17.1 Å². The summed E-state index contributed by atoms with van der Waals surface area (Å²) in [5.41, 5.74) is 2.01. The number of hydrogen-bond acceptors (Lipinski definition) is 6. The standard InChI is InChI=1S/C21H21N3O4/c1-26-16-10-14(11-17(12-16)27-2)21(25)24-20-9-8-15(13-22-20)23-18-6-4-5-7-19(18)28-3/h4-13,23H,1-3H3,(H,22,24,25). The highest BCUT2D eigenvalue weighted by molar-refractivity contribution is 6.04. The second-order valence-corrected chi connectivity index (χ2v) is 5.81. The van der Waals surface area contributed by atoms with Crippen molar-refractivity contribution in [2.75, 3.05) is 32.0 Å². The van der Waals surface area contributed by atoms with Gasteiger partial charge < -0.3 is 24.8 Å². The van der Waals surface area contributed by atoms with Gasteiger partial charge in [0.25, 0.3) is 5.91 Å². The molecule has 0 unspecified atom stereocenters. The van der Waals surface area contributed by atoms with Gasteiger partial charge in [0.05, 0.1) is 38.9 Å². The van der Waals surface area contributed by atoms with Crippen LogP contribution in [-0.2, 0) is 0 Å². The molecule has 0 aliphatic rings. The maximum absolute atomic E-state index is 12.5. The maximum atomic E-state index is 12.5. The third kappa shape index (κ3) is 4.50. The van der Waals surface area contributed by atoms with Crippen LogP contribution in [0.3, 0.4) is 0 Å². The van der Waals surface area contributed by atoms with Gasteiger partial charge in [0, 0.05) is 11.6 Å². The molecule has 0 fully saturated rings. The van der Waals surface area contributed by atoms with Gasteiger partial charge in [0.1, 0.15) is 23.1 Å². The molecule has 3 aromatic rings. The molecule has 0 spiro atoms.